The molecule has 6 nitrogen and oxygen atoms in total. The van der Waals surface area contributed by atoms with E-state index in [9.17, 15) is 4.79 Å². The maximum absolute atomic E-state index is 12.1. The summed E-state index contributed by atoms with van der Waals surface area (Å²) in [4.78, 5) is 16.7. The largest absolute Gasteiger partial charge is 0.335 e. The van der Waals surface area contributed by atoms with Crippen molar-refractivity contribution in [1.82, 2.24) is 19.3 Å². The Hall–Kier alpha value is -2.11. The lowest BCUT2D eigenvalue weighted by atomic mass is 10.2. The van der Waals surface area contributed by atoms with Crippen molar-refractivity contribution in [3.63, 3.8) is 0 Å². The van der Waals surface area contributed by atoms with Crippen LogP contribution in [-0.4, -0.2) is 25.2 Å². The Morgan fingerprint density at radius 3 is 3.05 bits per heavy atom. The van der Waals surface area contributed by atoms with Crippen molar-refractivity contribution in [2.45, 2.75) is 52.6 Å². The lowest BCUT2D eigenvalue weighted by Crippen LogP contribution is -2.15. The minimum atomic E-state index is -0.0646. The molecule has 0 aromatic carbocycles. The summed E-state index contributed by atoms with van der Waals surface area (Å²) in [5.74, 6) is 2.18. The van der Waals surface area contributed by atoms with E-state index in [1.54, 1.807) is 0 Å². The number of hydrogen-bond donors (Lipinski definition) is 1. The lowest BCUT2D eigenvalue weighted by Gasteiger charge is -2.11. The molecule has 0 aliphatic carbocycles. The number of amides is 1. The molecule has 0 saturated carbocycles. The Balaban J connectivity index is 1.58. The van der Waals surface area contributed by atoms with E-state index in [0.29, 0.717) is 18.2 Å². The van der Waals surface area contributed by atoms with Crippen LogP contribution in [0.3, 0.4) is 0 Å². The number of aryl methyl sites for hydroxylation is 2. The van der Waals surface area contributed by atoms with Gasteiger partial charge in [-0.05, 0) is 18.8 Å². The molecular formula is C16H23N5O. The topological polar surface area (TPSA) is 64.7 Å². The van der Waals surface area contributed by atoms with Gasteiger partial charge in [-0.3, -0.25) is 9.48 Å². The van der Waals surface area contributed by atoms with Crippen LogP contribution in [0.2, 0.25) is 0 Å². The number of rotatable bonds is 5. The molecule has 2 aromatic heterocycles. The van der Waals surface area contributed by atoms with Gasteiger partial charge in [0.25, 0.3) is 0 Å². The highest BCUT2D eigenvalue weighted by atomic mass is 16.1. The highest BCUT2D eigenvalue weighted by Crippen LogP contribution is 2.15. The van der Waals surface area contributed by atoms with Crippen LogP contribution < -0.4 is 5.32 Å². The molecule has 2 aromatic rings. The molecular weight excluding hydrogens is 278 g/mol. The van der Waals surface area contributed by atoms with E-state index in [1.807, 2.05) is 23.1 Å². The van der Waals surface area contributed by atoms with Gasteiger partial charge in [-0.2, -0.15) is 5.10 Å². The van der Waals surface area contributed by atoms with Crippen molar-refractivity contribution in [2.75, 3.05) is 5.32 Å². The van der Waals surface area contributed by atoms with Crippen LogP contribution in [-0.2, 0) is 30.7 Å². The molecule has 0 unspecified atom stereocenters. The van der Waals surface area contributed by atoms with Gasteiger partial charge in [-0.1, -0.05) is 13.8 Å². The van der Waals surface area contributed by atoms with Gasteiger partial charge in [0.1, 0.15) is 5.82 Å². The molecule has 1 aliphatic rings. The average Bonchev–Trinajstić information content (AvgIpc) is 3.03. The molecule has 1 N–H and O–H groups in total. The predicted octanol–water partition coefficient (Wildman–Crippen LogP) is 2.25. The first kappa shape index (κ1) is 14.8. The second kappa shape index (κ2) is 6.34. The fourth-order valence-electron chi connectivity index (χ4n) is 2.81. The van der Waals surface area contributed by atoms with Crippen LogP contribution in [0.5, 0.6) is 0 Å². The van der Waals surface area contributed by atoms with Crippen LogP contribution in [0, 0.1) is 5.92 Å². The summed E-state index contributed by atoms with van der Waals surface area (Å²) in [5, 5.41) is 7.20. The van der Waals surface area contributed by atoms with Crippen LogP contribution in [0.25, 0.3) is 0 Å². The zero-order valence-corrected chi connectivity index (χ0v) is 13.2. The van der Waals surface area contributed by atoms with Crippen molar-refractivity contribution in [2.24, 2.45) is 5.92 Å². The maximum atomic E-state index is 12.1. The van der Waals surface area contributed by atoms with E-state index in [4.69, 9.17) is 0 Å². The number of imidazole rings is 1. The third kappa shape index (κ3) is 3.55. The molecule has 118 valence electrons. The SMILES string of the molecule is CC(C)Cn1ccc(NC(=O)Cc2cn3c(n2)CCCC3)n1. The molecule has 0 saturated heterocycles. The summed E-state index contributed by atoms with van der Waals surface area (Å²) in [6, 6.07) is 1.83. The minimum absolute atomic E-state index is 0.0646. The van der Waals surface area contributed by atoms with E-state index in [2.05, 4.69) is 33.8 Å². The number of carbonyl (C=O) groups is 1. The van der Waals surface area contributed by atoms with E-state index >= 15 is 0 Å². The second-order valence-corrected chi connectivity index (χ2v) is 6.34. The number of hydrogen-bond acceptors (Lipinski definition) is 3. The standard InChI is InChI=1S/C16H23N5O/c1-12(2)10-21-8-6-14(19-21)18-16(22)9-13-11-20-7-4-3-5-15(20)17-13/h6,8,11-12H,3-5,7,9-10H2,1-2H3,(H,18,19,22). The van der Waals surface area contributed by atoms with Crippen LogP contribution in [0.1, 0.15) is 38.2 Å². The molecule has 0 spiro atoms. The molecule has 0 radical (unpaired) electrons. The van der Waals surface area contributed by atoms with E-state index in [1.165, 1.54) is 12.8 Å². The first-order valence-electron chi connectivity index (χ1n) is 7.98. The van der Waals surface area contributed by atoms with Crippen molar-refractivity contribution >= 4 is 11.7 Å². The highest BCUT2D eigenvalue weighted by Gasteiger charge is 2.14. The molecule has 3 heterocycles. The first-order valence-corrected chi connectivity index (χ1v) is 7.98. The van der Waals surface area contributed by atoms with Gasteiger partial charge in [-0.15, -0.1) is 0 Å². The molecule has 0 fully saturated rings. The molecule has 3 rings (SSSR count). The number of nitrogens with zero attached hydrogens (tertiary/aromatic N) is 4. The average molecular weight is 301 g/mol. The Morgan fingerprint density at radius 1 is 1.41 bits per heavy atom. The van der Waals surface area contributed by atoms with Crippen molar-refractivity contribution in [1.29, 1.82) is 0 Å². The van der Waals surface area contributed by atoms with Crippen LogP contribution in [0.4, 0.5) is 5.82 Å². The zero-order chi connectivity index (χ0) is 15.5. The minimum Gasteiger partial charge on any atom is -0.335 e. The number of carbonyl (C=O) groups excluding carboxylic acids is 1. The first-order chi connectivity index (χ1) is 10.6. The van der Waals surface area contributed by atoms with Gasteiger partial charge < -0.3 is 9.88 Å². The van der Waals surface area contributed by atoms with Crippen molar-refractivity contribution in [3.05, 3.63) is 30.0 Å². The van der Waals surface area contributed by atoms with Gasteiger partial charge in [0.05, 0.1) is 12.1 Å². The summed E-state index contributed by atoms with van der Waals surface area (Å²) in [7, 11) is 0. The normalized spacial score (nSPS) is 14.1. The van der Waals surface area contributed by atoms with E-state index in [-0.39, 0.29) is 5.91 Å². The van der Waals surface area contributed by atoms with E-state index in [0.717, 1.165) is 31.0 Å². The Bertz CT molecular complexity index is 632. The quantitative estimate of drug-likeness (QED) is 0.921. The Kier molecular flexibility index (Phi) is 4.27. The van der Waals surface area contributed by atoms with Gasteiger partial charge in [0.2, 0.25) is 5.91 Å². The third-order valence-electron chi connectivity index (χ3n) is 3.76. The fourth-order valence-corrected chi connectivity index (χ4v) is 2.81. The summed E-state index contributed by atoms with van der Waals surface area (Å²) in [6.45, 7) is 6.15. The second-order valence-electron chi connectivity index (χ2n) is 6.34. The Labute approximate surface area is 130 Å². The predicted molar refractivity (Wildman–Crippen MR) is 84.6 cm³/mol. The highest BCUT2D eigenvalue weighted by molar-refractivity contribution is 5.91. The summed E-state index contributed by atoms with van der Waals surface area (Å²) >= 11 is 0. The maximum Gasteiger partial charge on any atom is 0.231 e. The molecule has 1 aliphatic heterocycles. The Morgan fingerprint density at radius 2 is 2.27 bits per heavy atom. The number of nitrogens with one attached hydrogen (secondary N) is 1. The molecule has 22 heavy (non-hydrogen) atoms. The van der Waals surface area contributed by atoms with Gasteiger partial charge in [-0.25, -0.2) is 4.98 Å². The van der Waals surface area contributed by atoms with Gasteiger partial charge in [0.15, 0.2) is 5.82 Å². The molecule has 6 heteroatoms. The van der Waals surface area contributed by atoms with Crippen molar-refractivity contribution in [3.8, 4) is 0 Å². The third-order valence-corrected chi connectivity index (χ3v) is 3.76. The van der Waals surface area contributed by atoms with E-state index < -0.39 is 0 Å². The lowest BCUT2D eigenvalue weighted by molar-refractivity contribution is -0.115. The molecule has 1 amide bonds. The summed E-state index contributed by atoms with van der Waals surface area (Å²) in [5.41, 5.74) is 0.844. The zero-order valence-electron chi connectivity index (χ0n) is 13.2. The molecule has 0 atom stereocenters. The number of anilines is 1. The van der Waals surface area contributed by atoms with Gasteiger partial charge >= 0.3 is 0 Å². The van der Waals surface area contributed by atoms with Crippen molar-refractivity contribution < 1.29 is 4.79 Å². The van der Waals surface area contributed by atoms with Gasteiger partial charge in [0, 0.05) is 38.0 Å². The fraction of sp³-hybridized carbons (Fsp3) is 0.562. The molecule has 0 bridgehead atoms. The monoisotopic (exact) mass is 301 g/mol. The van der Waals surface area contributed by atoms with Crippen LogP contribution in [0.15, 0.2) is 18.5 Å². The smallest absolute Gasteiger partial charge is 0.231 e. The summed E-state index contributed by atoms with van der Waals surface area (Å²) in [6.07, 6.45) is 7.60. The number of aromatic nitrogens is 4. The van der Waals surface area contributed by atoms with Crippen LogP contribution >= 0.6 is 0 Å². The summed E-state index contributed by atoms with van der Waals surface area (Å²) < 4.78 is 4.03. The number of fused-ring (bicyclic) bond motifs is 1.